The van der Waals surface area contributed by atoms with E-state index in [1.54, 1.807) is 0 Å². The Morgan fingerprint density at radius 3 is 2.73 bits per heavy atom. The monoisotopic (exact) mass is 203 g/mol. The van der Waals surface area contributed by atoms with Gasteiger partial charge in [0.1, 0.15) is 6.54 Å². The lowest BCUT2D eigenvalue weighted by Gasteiger charge is -2.04. The zero-order valence-corrected chi connectivity index (χ0v) is 8.82. The van der Waals surface area contributed by atoms with Gasteiger partial charge in [-0.3, -0.25) is 4.79 Å². The van der Waals surface area contributed by atoms with Crippen molar-refractivity contribution in [3.8, 4) is 0 Å². The minimum Gasteiger partial charge on any atom is -0.480 e. The predicted molar refractivity (Wildman–Crippen MR) is 59.0 cm³/mol. The summed E-state index contributed by atoms with van der Waals surface area (Å²) in [7, 11) is 0. The molecule has 1 aromatic heterocycles. The van der Waals surface area contributed by atoms with Gasteiger partial charge in [0.2, 0.25) is 0 Å². The zero-order chi connectivity index (χ0) is 11.0. The second-order valence-electron chi connectivity index (χ2n) is 3.83. The molecule has 0 aliphatic rings. The van der Waals surface area contributed by atoms with E-state index in [0.29, 0.717) is 0 Å². The van der Waals surface area contributed by atoms with Crippen molar-refractivity contribution in [2.75, 3.05) is 0 Å². The molecule has 3 heteroatoms. The number of hydrogen-bond donors (Lipinski definition) is 1. The second-order valence-corrected chi connectivity index (χ2v) is 3.83. The van der Waals surface area contributed by atoms with E-state index in [1.807, 2.05) is 42.7 Å². The third-order valence-corrected chi connectivity index (χ3v) is 2.56. The van der Waals surface area contributed by atoms with Crippen LogP contribution < -0.4 is 0 Å². The molecule has 2 rings (SSSR count). The van der Waals surface area contributed by atoms with Crippen LogP contribution in [0.2, 0.25) is 0 Å². The topological polar surface area (TPSA) is 42.2 Å². The van der Waals surface area contributed by atoms with Crippen molar-refractivity contribution in [2.24, 2.45) is 0 Å². The van der Waals surface area contributed by atoms with Crippen LogP contribution in [-0.4, -0.2) is 15.6 Å². The highest BCUT2D eigenvalue weighted by Crippen LogP contribution is 2.20. The highest BCUT2D eigenvalue weighted by molar-refractivity contribution is 5.83. The van der Waals surface area contributed by atoms with E-state index >= 15 is 0 Å². The van der Waals surface area contributed by atoms with Crippen LogP contribution in [0, 0.1) is 13.8 Å². The molecule has 15 heavy (non-hydrogen) atoms. The molecule has 0 spiro atoms. The van der Waals surface area contributed by atoms with Gasteiger partial charge in [0, 0.05) is 11.2 Å². The number of carboxylic acids is 1. The van der Waals surface area contributed by atoms with E-state index in [1.165, 1.54) is 0 Å². The van der Waals surface area contributed by atoms with E-state index in [0.717, 1.165) is 22.2 Å². The van der Waals surface area contributed by atoms with Crippen LogP contribution in [0.15, 0.2) is 24.3 Å². The Hall–Kier alpha value is -1.77. The van der Waals surface area contributed by atoms with Crippen molar-refractivity contribution in [3.63, 3.8) is 0 Å². The molecule has 0 fully saturated rings. The smallest absolute Gasteiger partial charge is 0.323 e. The van der Waals surface area contributed by atoms with Crippen LogP contribution in [-0.2, 0) is 11.3 Å². The van der Waals surface area contributed by atoms with Gasteiger partial charge in [-0.1, -0.05) is 12.1 Å². The molecular formula is C12H13NO2. The van der Waals surface area contributed by atoms with Crippen molar-refractivity contribution in [2.45, 2.75) is 20.4 Å². The van der Waals surface area contributed by atoms with Crippen molar-refractivity contribution in [1.82, 2.24) is 4.57 Å². The van der Waals surface area contributed by atoms with E-state index in [2.05, 4.69) is 0 Å². The van der Waals surface area contributed by atoms with Crippen molar-refractivity contribution in [1.29, 1.82) is 0 Å². The standard InChI is InChI=1S/C12H13NO2/c1-8-3-4-10-6-9(2)13(7-12(14)15)11(10)5-8/h3-6H,7H2,1-2H3,(H,14,15). The van der Waals surface area contributed by atoms with Crippen LogP contribution >= 0.6 is 0 Å². The number of carboxylic acid groups (broad SMARTS) is 1. The molecule has 2 aromatic rings. The van der Waals surface area contributed by atoms with Gasteiger partial charge in [-0.25, -0.2) is 0 Å². The zero-order valence-electron chi connectivity index (χ0n) is 8.82. The Bertz CT molecular complexity index is 526. The van der Waals surface area contributed by atoms with Crippen LogP contribution in [0.1, 0.15) is 11.3 Å². The summed E-state index contributed by atoms with van der Waals surface area (Å²) in [5.41, 5.74) is 3.13. The van der Waals surface area contributed by atoms with Gasteiger partial charge in [-0.15, -0.1) is 0 Å². The summed E-state index contributed by atoms with van der Waals surface area (Å²) in [5.74, 6) is -0.808. The Morgan fingerprint density at radius 1 is 1.33 bits per heavy atom. The molecule has 1 aromatic carbocycles. The lowest BCUT2D eigenvalue weighted by molar-refractivity contribution is -0.137. The van der Waals surface area contributed by atoms with Crippen molar-refractivity contribution in [3.05, 3.63) is 35.5 Å². The van der Waals surface area contributed by atoms with Crippen LogP contribution in [0.4, 0.5) is 0 Å². The highest BCUT2D eigenvalue weighted by atomic mass is 16.4. The van der Waals surface area contributed by atoms with Gasteiger partial charge in [0.25, 0.3) is 0 Å². The molecule has 0 saturated carbocycles. The second kappa shape index (κ2) is 3.42. The molecule has 0 unspecified atom stereocenters. The first-order valence-corrected chi connectivity index (χ1v) is 4.86. The van der Waals surface area contributed by atoms with E-state index < -0.39 is 5.97 Å². The van der Waals surface area contributed by atoms with E-state index in [4.69, 9.17) is 5.11 Å². The number of aliphatic carboxylic acids is 1. The van der Waals surface area contributed by atoms with E-state index in [9.17, 15) is 4.79 Å². The molecule has 0 radical (unpaired) electrons. The summed E-state index contributed by atoms with van der Waals surface area (Å²) in [4.78, 5) is 10.7. The summed E-state index contributed by atoms with van der Waals surface area (Å²) in [6.45, 7) is 3.96. The summed E-state index contributed by atoms with van der Waals surface area (Å²) >= 11 is 0. The normalized spacial score (nSPS) is 10.8. The third kappa shape index (κ3) is 1.73. The Labute approximate surface area is 87.9 Å². The number of nitrogens with zero attached hydrogens (tertiary/aromatic N) is 1. The average Bonchev–Trinajstić information content (AvgIpc) is 2.43. The minimum absolute atomic E-state index is 0.0266. The van der Waals surface area contributed by atoms with Gasteiger partial charge in [-0.2, -0.15) is 0 Å². The number of benzene rings is 1. The van der Waals surface area contributed by atoms with Crippen LogP contribution in [0.25, 0.3) is 10.9 Å². The number of rotatable bonds is 2. The first kappa shape index (κ1) is 9.77. The molecule has 1 N–H and O–H groups in total. The predicted octanol–water partition coefficient (Wildman–Crippen LogP) is 2.34. The van der Waals surface area contributed by atoms with Gasteiger partial charge >= 0.3 is 5.97 Å². The Balaban J connectivity index is 2.65. The average molecular weight is 203 g/mol. The quantitative estimate of drug-likeness (QED) is 0.814. The fourth-order valence-corrected chi connectivity index (χ4v) is 1.85. The summed E-state index contributed by atoms with van der Waals surface area (Å²) in [5, 5.41) is 9.91. The Kier molecular flexibility index (Phi) is 2.23. The maximum Gasteiger partial charge on any atom is 0.323 e. The van der Waals surface area contributed by atoms with Gasteiger partial charge in [0.15, 0.2) is 0 Å². The van der Waals surface area contributed by atoms with E-state index in [-0.39, 0.29) is 6.54 Å². The fourth-order valence-electron chi connectivity index (χ4n) is 1.85. The first-order chi connectivity index (χ1) is 7.08. The molecule has 1 heterocycles. The van der Waals surface area contributed by atoms with Gasteiger partial charge < -0.3 is 9.67 Å². The molecule has 0 aliphatic heterocycles. The summed E-state index contributed by atoms with van der Waals surface area (Å²) < 4.78 is 1.82. The Morgan fingerprint density at radius 2 is 2.07 bits per heavy atom. The highest BCUT2D eigenvalue weighted by Gasteiger charge is 2.08. The lowest BCUT2D eigenvalue weighted by Crippen LogP contribution is -2.09. The van der Waals surface area contributed by atoms with Gasteiger partial charge in [-0.05, 0) is 36.9 Å². The number of hydrogen-bond acceptors (Lipinski definition) is 1. The maximum absolute atomic E-state index is 10.7. The number of fused-ring (bicyclic) bond motifs is 1. The fraction of sp³-hybridized carbons (Fsp3) is 0.250. The number of aromatic nitrogens is 1. The summed E-state index contributed by atoms with van der Waals surface area (Å²) in [6, 6.07) is 8.09. The van der Waals surface area contributed by atoms with Gasteiger partial charge in [0.05, 0.1) is 0 Å². The molecular weight excluding hydrogens is 190 g/mol. The minimum atomic E-state index is -0.808. The van der Waals surface area contributed by atoms with Crippen molar-refractivity contribution >= 4 is 16.9 Å². The SMILES string of the molecule is Cc1ccc2cc(C)n(CC(=O)O)c2c1. The molecule has 0 amide bonds. The number of aryl methyl sites for hydroxylation is 2. The molecule has 3 nitrogen and oxygen atoms in total. The van der Waals surface area contributed by atoms with Crippen molar-refractivity contribution < 1.29 is 9.90 Å². The third-order valence-electron chi connectivity index (χ3n) is 2.56. The molecule has 78 valence electrons. The maximum atomic E-state index is 10.7. The number of carbonyl (C=O) groups is 1. The van der Waals surface area contributed by atoms with Crippen LogP contribution in [0.5, 0.6) is 0 Å². The first-order valence-electron chi connectivity index (χ1n) is 4.86. The largest absolute Gasteiger partial charge is 0.480 e. The molecule has 0 aliphatic carbocycles. The molecule has 0 atom stereocenters. The van der Waals surface area contributed by atoms with Crippen LogP contribution in [0.3, 0.4) is 0 Å². The molecule has 0 bridgehead atoms. The molecule has 0 saturated heterocycles. The lowest BCUT2D eigenvalue weighted by atomic mass is 10.2. The summed E-state index contributed by atoms with van der Waals surface area (Å²) in [6.07, 6.45) is 0.